The molecule has 2 heterocycles. The van der Waals surface area contributed by atoms with Gasteiger partial charge in [-0.15, -0.1) is 11.8 Å². The Balaban J connectivity index is 1.41. The third kappa shape index (κ3) is 6.47. The number of benzene rings is 2. The molecule has 220 valence electrons. The molecule has 1 aliphatic carbocycles. The molecule has 2 aromatic heterocycles. The molecule has 1 saturated carbocycles. The Morgan fingerprint density at radius 3 is 2.50 bits per heavy atom. The van der Waals surface area contributed by atoms with Crippen LogP contribution in [0.5, 0.6) is 0 Å². The minimum absolute atomic E-state index is 0.00615. The van der Waals surface area contributed by atoms with Gasteiger partial charge in [0.25, 0.3) is 15.0 Å². The number of thioether (sulfide) groups is 1. The third-order valence-corrected chi connectivity index (χ3v) is 11.1. The quantitative estimate of drug-likeness (QED) is 0.184. The number of carbonyl (C=O) groups is 2. The monoisotopic (exact) mass is 626 g/mol. The van der Waals surface area contributed by atoms with E-state index in [1.807, 2.05) is 55.4 Å². The fourth-order valence-corrected chi connectivity index (χ4v) is 8.45. The molecular weight excluding hydrogens is 597 g/mol. The summed E-state index contributed by atoms with van der Waals surface area (Å²) >= 11 is 2.23. The molecule has 0 spiro atoms. The lowest BCUT2D eigenvalue weighted by Crippen LogP contribution is -2.22. The van der Waals surface area contributed by atoms with Gasteiger partial charge >= 0.3 is 6.03 Å². The molecule has 12 nitrogen and oxygen atoms in total. The molecule has 0 saturated heterocycles. The Hall–Kier alpha value is -3.82. The predicted octanol–water partition coefficient (Wildman–Crippen LogP) is 4.87. The van der Waals surface area contributed by atoms with Crippen LogP contribution in [0.3, 0.4) is 0 Å². The van der Waals surface area contributed by atoms with E-state index in [0.717, 1.165) is 52.3 Å². The van der Waals surface area contributed by atoms with Gasteiger partial charge < -0.3 is 10.2 Å². The molecule has 4 aromatic rings. The van der Waals surface area contributed by atoms with Crippen LogP contribution in [-0.4, -0.2) is 59.5 Å². The third-order valence-electron chi connectivity index (χ3n) is 6.83. The number of hydrogen-bond donors (Lipinski definition) is 2. The number of aryl methyl sites for hydroxylation is 1. The van der Waals surface area contributed by atoms with Gasteiger partial charge in [-0.05, 0) is 53.6 Å². The second kappa shape index (κ2) is 12.6. The first-order valence-electron chi connectivity index (χ1n) is 13.2. The highest BCUT2D eigenvalue weighted by molar-refractivity contribution is 7.98. The number of rotatable bonds is 10. The molecule has 0 aliphatic heterocycles. The molecule has 2 amide bonds. The summed E-state index contributed by atoms with van der Waals surface area (Å²) in [6.07, 6.45) is 3.69. The summed E-state index contributed by atoms with van der Waals surface area (Å²) in [7, 11) is 1.08. The van der Waals surface area contributed by atoms with Crippen molar-refractivity contribution in [3.8, 4) is 0 Å². The fourth-order valence-electron chi connectivity index (χ4n) is 4.67. The van der Waals surface area contributed by atoms with E-state index in [1.54, 1.807) is 12.1 Å². The number of hydrogen-bond acceptors (Lipinski definition) is 11. The van der Waals surface area contributed by atoms with Crippen LogP contribution in [0.2, 0.25) is 0 Å². The van der Waals surface area contributed by atoms with Crippen molar-refractivity contribution in [2.24, 2.45) is 13.0 Å². The Kier molecular flexibility index (Phi) is 8.89. The average molecular weight is 627 g/mol. The van der Waals surface area contributed by atoms with Crippen molar-refractivity contribution in [3.63, 3.8) is 0 Å². The average Bonchev–Trinajstić information content (AvgIpc) is 3.74. The summed E-state index contributed by atoms with van der Waals surface area (Å²) in [5, 5.41) is 16.0. The molecule has 1 aliphatic rings. The summed E-state index contributed by atoms with van der Waals surface area (Å²) in [6, 6.07) is 14.2. The Bertz CT molecular complexity index is 1700. The lowest BCUT2D eigenvalue weighted by atomic mass is 9.94. The summed E-state index contributed by atoms with van der Waals surface area (Å²) in [6.45, 7) is 0. The van der Waals surface area contributed by atoms with E-state index in [4.69, 9.17) is 0 Å². The summed E-state index contributed by atoms with van der Waals surface area (Å²) in [5.74, 6) is 0.166. The van der Waals surface area contributed by atoms with Gasteiger partial charge in [-0.1, -0.05) is 47.5 Å². The second-order valence-electron chi connectivity index (χ2n) is 9.99. The predicted molar refractivity (Wildman–Crippen MR) is 162 cm³/mol. The zero-order valence-electron chi connectivity index (χ0n) is 23.3. The summed E-state index contributed by atoms with van der Waals surface area (Å²) in [4.78, 5) is 33.8. The van der Waals surface area contributed by atoms with Crippen molar-refractivity contribution in [1.29, 1.82) is 0 Å². The van der Waals surface area contributed by atoms with E-state index in [2.05, 4.69) is 31.1 Å². The number of carbonyl (C=O) groups excluding carboxylic acids is 2. The van der Waals surface area contributed by atoms with Crippen LogP contribution in [0.15, 0.2) is 62.8 Å². The highest BCUT2D eigenvalue weighted by atomic mass is 32.2. The number of Topliss-reactive ketones (excluding diaryl/α,β-unsaturated/α-hetero) is 1. The zero-order valence-corrected chi connectivity index (χ0v) is 25.7. The lowest BCUT2D eigenvalue weighted by molar-refractivity contribution is 0.0923. The first-order chi connectivity index (χ1) is 20.1. The molecule has 1 fully saturated rings. The highest BCUT2D eigenvalue weighted by Crippen LogP contribution is 2.36. The molecule has 15 heteroatoms. The van der Waals surface area contributed by atoms with Gasteiger partial charge in [-0.2, -0.15) is 0 Å². The normalized spacial score (nSPS) is 13.7. The molecule has 2 N–H and O–H groups in total. The van der Waals surface area contributed by atoms with Crippen molar-refractivity contribution in [3.05, 3.63) is 59.8 Å². The number of urea groups is 1. The largest absolute Gasteiger partial charge is 0.378 e. The van der Waals surface area contributed by atoms with Crippen LogP contribution in [-0.2, 0) is 22.6 Å². The van der Waals surface area contributed by atoms with E-state index in [9.17, 15) is 18.0 Å². The van der Waals surface area contributed by atoms with Gasteiger partial charge in [0.2, 0.25) is 0 Å². The van der Waals surface area contributed by atoms with Gasteiger partial charge in [0.1, 0.15) is 0 Å². The number of anilines is 3. The van der Waals surface area contributed by atoms with E-state index in [1.165, 1.54) is 18.8 Å². The number of thiazole rings is 1. The van der Waals surface area contributed by atoms with Crippen molar-refractivity contribution in [2.45, 2.75) is 45.7 Å². The number of tetrazole rings is 1. The molecule has 0 radical (unpaired) electrons. The zero-order chi connectivity index (χ0) is 29.9. The maximum atomic E-state index is 13.5. The van der Waals surface area contributed by atoms with Gasteiger partial charge in [-0.25, -0.2) is 22.9 Å². The van der Waals surface area contributed by atoms with Crippen molar-refractivity contribution < 1.29 is 18.0 Å². The maximum absolute atomic E-state index is 13.5. The number of ketones is 1. The van der Waals surface area contributed by atoms with Gasteiger partial charge in [-0.3, -0.25) is 10.1 Å². The number of nitrogens with one attached hydrogen (secondary N) is 2. The number of aromatic nitrogens is 5. The molecule has 0 bridgehead atoms. The molecule has 0 unspecified atom stereocenters. The summed E-state index contributed by atoms with van der Waals surface area (Å²) < 4.78 is 28.0. The van der Waals surface area contributed by atoms with Gasteiger partial charge in [0.05, 0.1) is 11.4 Å². The van der Waals surface area contributed by atoms with E-state index in [0.29, 0.717) is 11.3 Å². The van der Waals surface area contributed by atoms with Crippen LogP contribution >= 0.6 is 23.1 Å². The van der Waals surface area contributed by atoms with Crippen LogP contribution in [0.4, 0.5) is 21.3 Å². The van der Waals surface area contributed by atoms with Crippen molar-refractivity contribution in [1.82, 2.24) is 25.2 Å². The van der Waals surface area contributed by atoms with Crippen molar-refractivity contribution in [2.75, 3.05) is 29.6 Å². The minimum atomic E-state index is -4.13. The fraction of sp³-hybridized carbons (Fsp3) is 0.333. The number of amides is 2. The minimum Gasteiger partial charge on any atom is -0.378 e. The van der Waals surface area contributed by atoms with Crippen molar-refractivity contribution >= 4 is 61.3 Å². The Labute approximate surface area is 251 Å². The molecule has 0 atom stereocenters. The Morgan fingerprint density at radius 1 is 1.10 bits per heavy atom. The molecule has 42 heavy (non-hydrogen) atoms. The van der Waals surface area contributed by atoms with Gasteiger partial charge in [0, 0.05) is 49.0 Å². The standard InChI is InChI=1S/C27H30N8O4S3/c1-34(2)18-13-14-21(20(15-18)23(36)17-9-7-8-10-17)28-25(37)30-26-29-22(16-40-19-11-5-4-6-12-19)24(41-26)42(38,39)27-31-32-33-35(27)3/h4-6,11-15,17H,7-10,16H2,1-3H3,(H2,28,29,30,37). The lowest BCUT2D eigenvalue weighted by Gasteiger charge is -2.18. The molecule has 2 aromatic carbocycles. The maximum Gasteiger partial charge on any atom is 0.325 e. The first-order valence-corrected chi connectivity index (χ1v) is 16.5. The highest BCUT2D eigenvalue weighted by Gasteiger charge is 2.31. The van der Waals surface area contributed by atoms with Crippen LogP contribution in [0.25, 0.3) is 0 Å². The van der Waals surface area contributed by atoms with E-state index >= 15 is 0 Å². The van der Waals surface area contributed by atoms with E-state index < -0.39 is 15.9 Å². The Morgan fingerprint density at radius 2 is 1.83 bits per heavy atom. The SMILES string of the molecule is CN(C)c1ccc(NC(=O)Nc2nc(CSc3ccccc3)c(S(=O)(=O)c3nnnn3C)s2)c(C(=O)C2CCCC2)c1. The second-order valence-corrected chi connectivity index (χ2v) is 14.1. The smallest absolute Gasteiger partial charge is 0.325 e. The topological polar surface area (TPSA) is 152 Å². The summed E-state index contributed by atoms with van der Waals surface area (Å²) in [5.41, 5.74) is 1.93. The van der Waals surface area contributed by atoms with E-state index in [-0.39, 0.29) is 37.6 Å². The number of nitrogens with zero attached hydrogens (tertiary/aromatic N) is 6. The van der Waals surface area contributed by atoms with Crippen LogP contribution in [0, 0.1) is 5.92 Å². The molecule has 5 rings (SSSR count). The molecular formula is C27H30N8O4S3. The van der Waals surface area contributed by atoms with Crippen LogP contribution < -0.4 is 15.5 Å². The first kappa shape index (κ1) is 29.7. The van der Waals surface area contributed by atoms with Gasteiger partial charge in [0.15, 0.2) is 15.1 Å². The van der Waals surface area contributed by atoms with Crippen LogP contribution in [0.1, 0.15) is 41.7 Å². The number of sulfone groups is 1.